The van der Waals surface area contributed by atoms with Crippen LogP contribution in [0.4, 0.5) is 13.2 Å². The van der Waals surface area contributed by atoms with Crippen LogP contribution in [0.5, 0.6) is 0 Å². The zero-order valence-electron chi connectivity index (χ0n) is 24.2. The number of hydrogen-bond donors (Lipinski definition) is 2. The van der Waals surface area contributed by atoms with Crippen molar-refractivity contribution in [3.05, 3.63) is 41.6 Å². The van der Waals surface area contributed by atoms with Crippen molar-refractivity contribution in [2.45, 2.75) is 126 Å². The number of nitrogens with zero attached hydrogens (tertiary/aromatic N) is 3. The van der Waals surface area contributed by atoms with Crippen molar-refractivity contribution in [1.82, 2.24) is 25.3 Å². The number of hydrogen-bond acceptors (Lipinski definition) is 4. The number of halogens is 3. The molecule has 2 N–H and O–H groups in total. The molecular formula is C32H42F3N5O2. The lowest BCUT2D eigenvalue weighted by Gasteiger charge is -2.35. The highest BCUT2D eigenvalue weighted by atomic mass is 19.4. The van der Waals surface area contributed by atoms with Gasteiger partial charge < -0.3 is 10.6 Å². The van der Waals surface area contributed by atoms with E-state index in [9.17, 15) is 22.8 Å². The standard InChI is InChI=1S/C32H42F3N5O2/c33-32(34,35)27-14-4-3-13-26(27)29-20-28(38-40(29)25-9-1-2-10-25)31(42)37-22(19-30(41)36-21-7-5-8-21)17-18-39-23-11-6-12-24(39)16-15-23/h3-4,13-14,20-25H,1-2,5-12,15-19H2,(H,36,41)(H,37,42)/t22-,23?,24?/m0/s1. The molecule has 2 bridgehead atoms. The fraction of sp³-hybridized carbons (Fsp3) is 0.656. The second-order valence-electron chi connectivity index (χ2n) is 12.8. The first-order valence-corrected chi connectivity index (χ1v) is 15.9. The van der Waals surface area contributed by atoms with E-state index >= 15 is 0 Å². The highest BCUT2D eigenvalue weighted by Crippen LogP contribution is 2.40. The van der Waals surface area contributed by atoms with Crippen molar-refractivity contribution in [3.8, 4) is 11.3 Å². The van der Waals surface area contributed by atoms with Gasteiger partial charge in [0.15, 0.2) is 5.69 Å². The van der Waals surface area contributed by atoms with E-state index in [4.69, 9.17) is 0 Å². The van der Waals surface area contributed by atoms with Crippen LogP contribution in [-0.2, 0) is 11.0 Å². The Morgan fingerprint density at radius 1 is 0.905 bits per heavy atom. The summed E-state index contributed by atoms with van der Waals surface area (Å²) in [6, 6.07) is 7.93. The van der Waals surface area contributed by atoms with E-state index in [0.717, 1.165) is 57.6 Å². The number of rotatable bonds is 10. The third-order valence-corrected chi connectivity index (χ3v) is 9.97. The molecule has 228 valence electrons. The number of carbonyl (C=O) groups is 2. The molecule has 2 amide bonds. The molecule has 2 aromatic rings. The summed E-state index contributed by atoms with van der Waals surface area (Å²) in [4.78, 5) is 29.1. The highest BCUT2D eigenvalue weighted by Gasteiger charge is 2.37. The molecule has 3 atom stereocenters. The average molecular weight is 586 g/mol. The minimum absolute atomic E-state index is 0.0282. The number of fused-ring (bicyclic) bond motifs is 2. The maximum atomic E-state index is 14.0. The lowest BCUT2D eigenvalue weighted by atomic mass is 9.93. The molecule has 7 nitrogen and oxygen atoms in total. The molecule has 2 aliphatic heterocycles. The summed E-state index contributed by atoms with van der Waals surface area (Å²) in [5, 5.41) is 10.8. The van der Waals surface area contributed by atoms with Crippen molar-refractivity contribution in [2.24, 2.45) is 0 Å². The van der Waals surface area contributed by atoms with Gasteiger partial charge in [-0.2, -0.15) is 18.3 Å². The highest BCUT2D eigenvalue weighted by molar-refractivity contribution is 5.94. The summed E-state index contributed by atoms with van der Waals surface area (Å²) >= 11 is 0. The first-order valence-electron chi connectivity index (χ1n) is 15.9. The van der Waals surface area contributed by atoms with Crippen molar-refractivity contribution in [2.75, 3.05) is 6.54 Å². The Balaban J connectivity index is 1.23. The molecule has 42 heavy (non-hydrogen) atoms. The Kier molecular flexibility index (Phi) is 8.61. The zero-order valence-corrected chi connectivity index (χ0v) is 24.2. The average Bonchev–Trinajstić information content (AvgIpc) is 3.67. The van der Waals surface area contributed by atoms with E-state index in [0.29, 0.717) is 24.2 Å². The second-order valence-corrected chi connectivity index (χ2v) is 12.8. The van der Waals surface area contributed by atoms with Crippen LogP contribution >= 0.6 is 0 Å². The van der Waals surface area contributed by atoms with Gasteiger partial charge in [-0.05, 0) is 76.3 Å². The summed E-state index contributed by atoms with van der Waals surface area (Å²) in [6.45, 7) is 0.817. The Labute approximate surface area is 245 Å². The molecule has 1 aromatic heterocycles. The van der Waals surface area contributed by atoms with E-state index in [1.807, 2.05) is 0 Å². The smallest absolute Gasteiger partial charge is 0.353 e. The zero-order chi connectivity index (χ0) is 29.3. The van der Waals surface area contributed by atoms with Crippen molar-refractivity contribution >= 4 is 11.8 Å². The molecule has 4 aliphatic rings. The third kappa shape index (κ3) is 6.38. The summed E-state index contributed by atoms with van der Waals surface area (Å²) in [5.41, 5.74) is -0.307. The number of amides is 2. The predicted molar refractivity (Wildman–Crippen MR) is 154 cm³/mol. The van der Waals surface area contributed by atoms with E-state index in [2.05, 4.69) is 20.6 Å². The van der Waals surface area contributed by atoms with E-state index in [1.165, 1.54) is 50.3 Å². The topological polar surface area (TPSA) is 79.3 Å². The van der Waals surface area contributed by atoms with Gasteiger partial charge in [-0.15, -0.1) is 0 Å². The summed E-state index contributed by atoms with van der Waals surface area (Å²) in [7, 11) is 0. The molecule has 1 aromatic carbocycles. The molecule has 2 unspecified atom stereocenters. The first-order chi connectivity index (χ1) is 20.3. The SMILES string of the molecule is O=C(C[C@H](CCN1C2CCCC1CC2)NC(=O)c1cc(-c2ccccc2C(F)(F)F)n(C2CCCC2)n1)NC1CCC1. The van der Waals surface area contributed by atoms with Gasteiger partial charge in [-0.25, -0.2) is 0 Å². The van der Waals surface area contributed by atoms with Crippen LogP contribution in [0.25, 0.3) is 11.3 Å². The van der Waals surface area contributed by atoms with Gasteiger partial charge in [0.25, 0.3) is 5.91 Å². The molecule has 4 fully saturated rings. The number of carbonyl (C=O) groups excluding carboxylic acids is 2. The van der Waals surface area contributed by atoms with Crippen LogP contribution in [0.15, 0.2) is 30.3 Å². The summed E-state index contributed by atoms with van der Waals surface area (Å²) in [6.07, 6.45) is 9.05. The Hall–Kier alpha value is -2.88. The number of aromatic nitrogens is 2. The minimum atomic E-state index is -4.53. The lowest BCUT2D eigenvalue weighted by molar-refractivity contribution is -0.137. The fourth-order valence-corrected chi connectivity index (χ4v) is 7.53. The first kappa shape index (κ1) is 29.2. The molecule has 2 saturated carbocycles. The fourth-order valence-electron chi connectivity index (χ4n) is 7.53. The van der Waals surface area contributed by atoms with E-state index < -0.39 is 17.6 Å². The Morgan fingerprint density at radius 3 is 2.24 bits per heavy atom. The molecular weight excluding hydrogens is 543 g/mol. The monoisotopic (exact) mass is 585 g/mol. The third-order valence-electron chi connectivity index (χ3n) is 9.97. The van der Waals surface area contributed by atoms with Crippen molar-refractivity contribution in [1.29, 1.82) is 0 Å². The van der Waals surface area contributed by atoms with Crippen LogP contribution < -0.4 is 10.6 Å². The van der Waals surface area contributed by atoms with Crippen LogP contribution in [-0.4, -0.2) is 57.2 Å². The van der Waals surface area contributed by atoms with Gasteiger partial charge in [-0.3, -0.25) is 19.2 Å². The molecule has 0 spiro atoms. The quantitative estimate of drug-likeness (QED) is 0.346. The van der Waals surface area contributed by atoms with Gasteiger partial charge in [0.2, 0.25) is 5.91 Å². The van der Waals surface area contributed by atoms with Gasteiger partial charge in [0, 0.05) is 42.7 Å². The summed E-state index contributed by atoms with van der Waals surface area (Å²) < 4.78 is 43.5. The van der Waals surface area contributed by atoms with Gasteiger partial charge >= 0.3 is 6.18 Å². The van der Waals surface area contributed by atoms with Crippen LogP contribution in [0.3, 0.4) is 0 Å². The minimum Gasteiger partial charge on any atom is -0.353 e. The maximum absolute atomic E-state index is 14.0. The molecule has 0 radical (unpaired) electrons. The molecule has 10 heteroatoms. The van der Waals surface area contributed by atoms with E-state index in [-0.39, 0.29) is 41.7 Å². The van der Waals surface area contributed by atoms with Crippen LogP contribution in [0, 0.1) is 0 Å². The predicted octanol–water partition coefficient (Wildman–Crippen LogP) is 6.25. The van der Waals surface area contributed by atoms with Gasteiger partial charge in [-0.1, -0.05) is 37.5 Å². The number of benzene rings is 1. The maximum Gasteiger partial charge on any atom is 0.417 e. The second kappa shape index (κ2) is 12.4. The normalized spacial score (nSPS) is 24.0. The van der Waals surface area contributed by atoms with Gasteiger partial charge in [0.1, 0.15) is 0 Å². The van der Waals surface area contributed by atoms with Gasteiger partial charge in [0.05, 0.1) is 17.3 Å². The van der Waals surface area contributed by atoms with Crippen LogP contribution in [0.2, 0.25) is 0 Å². The largest absolute Gasteiger partial charge is 0.417 e. The number of alkyl halides is 3. The van der Waals surface area contributed by atoms with Crippen LogP contribution in [0.1, 0.15) is 112 Å². The Bertz CT molecular complexity index is 1250. The molecule has 6 rings (SSSR count). The van der Waals surface area contributed by atoms with Crippen molar-refractivity contribution < 1.29 is 22.8 Å². The molecule has 2 saturated heterocycles. The lowest BCUT2D eigenvalue weighted by Crippen LogP contribution is -2.46. The molecule has 2 aliphatic carbocycles. The van der Waals surface area contributed by atoms with Crippen molar-refractivity contribution in [3.63, 3.8) is 0 Å². The molecule has 3 heterocycles. The Morgan fingerprint density at radius 2 is 1.57 bits per heavy atom. The number of piperidine rings is 1. The number of nitrogens with one attached hydrogen (secondary N) is 2. The van der Waals surface area contributed by atoms with E-state index in [1.54, 1.807) is 10.7 Å². The summed E-state index contributed by atoms with van der Waals surface area (Å²) in [5.74, 6) is -0.511.